The van der Waals surface area contributed by atoms with E-state index in [1.807, 2.05) is 52.3 Å². The summed E-state index contributed by atoms with van der Waals surface area (Å²) in [7, 11) is 0. The molecule has 23 heavy (non-hydrogen) atoms. The second-order valence-electron chi connectivity index (χ2n) is 5.24. The Bertz CT molecular complexity index is 832. The zero-order valence-corrected chi connectivity index (χ0v) is 12.5. The van der Waals surface area contributed by atoms with Gasteiger partial charge in [-0.3, -0.25) is 15.0 Å². The van der Waals surface area contributed by atoms with E-state index < -0.39 is 0 Å². The molecule has 6 heteroatoms. The molecule has 6 nitrogen and oxygen atoms in total. The van der Waals surface area contributed by atoms with Gasteiger partial charge < -0.3 is 4.40 Å². The average Bonchev–Trinajstić information content (AvgIpc) is 3.05. The highest BCUT2D eigenvalue weighted by atomic mass is 15.5. The molecule has 0 saturated heterocycles. The lowest BCUT2D eigenvalue weighted by atomic mass is 10.2. The Labute approximate surface area is 133 Å². The van der Waals surface area contributed by atoms with Gasteiger partial charge in [0, 0.05) is 31.3 Å². The van der Waals surface area contributed by atoms with Gasteiger partial charge in [-0.15, -0.1) is 0 Å². The Morgan fingerprint density at radius 1 is 1.17 bits per heavy atom. The molecular weight excluding hydrogens is 288 g/mol. The number of hydrogen-bond acceptors (Lipinski definition) is 5. The standard InChI is InChI=1S/C17H16N6/c1-2-4-14(5-3-1)10-20-23-13-19-7-6-16(23)15-12-22-9-8-18-11-17(22)21-15/h1-9,11-12,20H,10,13H2. The lowest BCUT2D eigenvalue weighted by Crippen LogP contribution is -2.37. The van der Waals surface area contributed by atoms with Crippen LogP contribution in [0, 0.1) is 0 Å². The highest BCUT2D eigenvalue weighted by Crippen LogP contribution is 2.19. The van der Waals surface area contributed by atoms with E-state index in [9.17, 15) is 0 Å². The molecule has 0 amide bonds. The Kier molecular flexibility index (Phi) is 3.57. The number of allylic oxidation sites excluding steroid dienone is 1. The smallest absolute Gasteiger partial charge is 0.156 e. The molecule has 0 saturated carbocycles. The van der Waals surface area contributed by atoms with Gasteiger partial charge in [-0.2, -0.15) is 0 Å². The van der Waals surface area contributed by atoms with E-state index in [1.165, 1.54) is 5.56 Å². The highest BCUT2D eigenvalue weighted by molar-refractivity contribution is 5.84. The van der Waals surface area contributed by atoms with Gasteiger partial charge in [0.15, 0.2) is 5.65 Å². The zero-order valence-electron chi connectivity index (χ0n) is 12.5. The molecule has 1 aromatic carbocycles. The molecule has 114 valence electrons. The van der Waals surface area contributed by atoms with Gasteiger partial charge in [-0.05, 0) is 11.6 Å². The molecule has 0 unspecified atom stereocenters. The van der Waals surface area contributed by atoms with Crippen LogP contribution in [0.1, 0.15) is 11.3 Å². The lowest BCUT2D eigenvalue weighted by Gasteiger charge is -2.27. The SMILES string of the molecule is C1=NCN(NCc2ccccc2)C(c2cn3ccncc3n2)=C1. The van der Waals surface area contributed by atoms with Crippen molar-refractivity contribution < 1.29 is 0 Å². The van der Waals surface area contributed by atoms with Crippen LogP contribution >= 0.6 is 0 Å². The number of hydrazine groups is 1. The lowest BCUT2D eigenvalue weighted by molar-refractivity contribution is 0.291. The predicted octanol–water partition coefficient (Wildman–Crippen LogP) is 2.12. The van der Waals surface area contributed by atoms with Crippen LogP contribution in [0.2, 0.25) is 0 Å². The van der Waals surface area contributed by atoms with Crippen molar-refractivity contribution in [1.82, 2.24) is 24.8 Å². The van der Waals surface area contributed by atoms with E-state index in [0.29, 0.717) is 6.67 Å². The molecule has 4 rings (SSSR count). The molecule has 3 aromatic rings. The third kappa shape index (κ3) is 2.84. The minimum Gasteiger partial charge on any atom is -0.304 e. The summed E-state index contributed by atoms with van der Waals surface area (Å²) in [5, 5.41) is 2.02. The summed E-state index contributed by atoms with van der Waals surface area (Å²) < 4.78 is 1.96. The van der Waals surface area contributed by atoms with E-state index in [2.05, 4.69) is 32.5 Å². The van der Waals surface area contributed by atoms with Crippen LogP contribution in [0.4, 0.5) is 0 Å². The van der Waals surface area contributed by atoms with E-state index in [4.69, 9.17) is 0 Å². The summed E-state index contributed by atoms with van der Waals surface area (Å²) in [5.41, 5.74) is 7.36. The number of nitrogens with zero attached hydrogens (tertiary/aromatic N) is 5. The molecule has 1 aliphatic rings. The minimum atomic E-state index is 0.560. The second kappa shape index (κ2) is 6.02. The number of aromatic nitrogens is 3. The van der Waals surface area contributed by atoms with Crippen molar-refractivity contribution in [3.8, 4) is 0 Å². The Hall–Kier alpha value is -2.99. The maximum Gasteiger partial charge on any atom is 0.156 e. The van der Waals surface area contributed by atoms with Crippen molar-refractivity contribution >= 4 is 17.6 Å². The molecule has 1 N–H and O–H groups in total. The molecule has 0 bridgehead atoms. The summed E-state index contributed by atoms with van der Waals surface area (Å²) in [5.74, 6) is 0. The average molecular weight is 304 g/mol. The minimum absolute atomic E-state index is 0.560. The van der Waals surface area contributed by atoms with Crippen LogP contribution in [0.3, 0.4) is 0 Å². The monoisotopic (exact) mass is 304 g/mol. The van der Waals surface area contributed by atoms with Gasteiger partial charge in [-0.1, -0.05) is 30.3 Å². The maximum absolute atomic E-state index is 4.63. The number of hydrogen-bond donors (Lipinski definition) is 1. The van der Waals surface area contributed by atoms with Crippen molar-refractivity contribution in [2.45, 2.75) is 6.54 Å². The number of aliphatic imine (C=N–C) groups is 1. The largest absolute Gasteiger partial charge is 0.304 e. The molecule has 0 aliphatic carbocycles. The van der Waals surface area contributed by atoms with Crippen LogP contribution in [-0.4, -0.2) is 32.3 Å². The van der Waals surface area contributed by atoms with Crippen molar-refractivity contribution in [2.24, 2.45) is 4.99 Å². The fourth-order valence-corrected chi connectivity index (χ4v) is 2.53. The topological polar surface area (TPSA) is 57.8 Å². The second-order valence-corrected chi connectivity index (χ2v) is 5.24. The summed E-state index contributed by atoms with van der Waals surface area (Å²) in [4.78, 5) is 13.1. The molecule has 0 spiro atoms. The maximum atomic E-state index is 4.63. The third-order valence-corrected chi connectivity index (χ3v) is 3.70. The normalized spacial score (nSPS) is 14.3. The van der Waals surface area contributed by atoms with Crippen LogP contribution in [-0.2, 0) is 6.54 Å². The quantitative estimate of drug-likeness (QED) is 0.802. The summed E-state index contributed by atoms with van der Waals surface area (Å²) in [6.07, 6.45) is 11.2. The summed E-state index contributed by atoms with van der Waals surface area (Å²) >= 11 is 0. The van der Waals surface area contributed by atoms with E-state index in [1.54, 1.807) is 12.4 Å². The van der Waals surface area contributed by atoms with E-state index in [0.717, 1.165) is 23.6 Å². The molecule has 2 aromatic heterocycles. The first-order valence-electron chi connectivity index (χ1n) is 7.44. The summed E-state index contributed by atoms with van der Waals surface area (Å²) in [6.45, 7) is 1.30. The van der Waals surface area contributed by atoms with Gasteiger partial charge in [0.25, 0.3) is 0 Å². The van der Waals surface area contributed by atoms with Gasteiger partial charge in [0.2, 0.25) is 0 Å². The van der Waals surface area contributed by atoms with Crippen LogP contribution in [0.25, 0.3) is 11.3 Å². The molecule has 0 atom stereocenters. The molecule has 0 fully saturated rings. The first-order chi connectivity index (χ1) is 11.4. The Morgan fingerprint density at radius 2 is 2.09 bits per heavy atom. The molecule has 3 heterocycles. The summed E-state index contributed by atoms with van der Waals surface area (Å²) in [6, 6.07) is 10.3. The number of benzene rings is 1. The van der Waals surface area contributed by atoms with Gasteiger partial charge in [0.1, 0.15) is 12.4 Å². The number of rotatable bonds is 4. The first-order valence-corrected chi connectivity index (χ1v) is 7.44. The molecular formula is C17H16N6. The van der Waals surface area contributed by atoms with Crippen molar-refractivity contribution in [2.75, 3.05) is 6.67 Å². The van der Waals surface area contributed by atoms with Crippen molar-refractivity contribution in [3.63, 3.8) is 0 Å². The first kappa shape index (κ1) is 13.7. The van der Waals surface area contributed by atoms with Gasteiger partial charge in [0.05, 0.1) is 11.9 Å². The van der Waals surface area contributed by atoms with Crippen LogP contribution < -0.4 is 5.43 Å². The molecule has 1 aliphatic heterocycles. The van der Waals surface area contributed by atoms with Crippen molar-refractivity contribution in [3.05, 3.63) is 72.5 Å². The Morgan fingerprint density at radius 3 is 2.96 bits per heavy atom. The number of nitrogens with one attached hydrogen (secondary N) is 1. The highest BCUT2D eigenvalue weighted by Gasteiger charge is 2.16. The van der Waals surface area contributed by atoms with E-state index in [-0.39, 0.29) is 0 Å². The van der Waals surface area contributed by atoms with Gasteiger partial charge >= 0.3 is 0 Å². The predicted molar refractivity (Wildman–Crippen MR) is 89.4 cm³/mol. The van der Waals surface area contributed by atoms with Crippen molar-refractivity contribution in [1.29, 1.82) is 0 Å². The fourth-order valence-electron chi connectivity index (χ4n) is 2.53. The van der Waals surface area contributed by atoms with Gasteiger partial charge in [-0.25, -0.2) is 10.4 Å². The number of fused-ring (bicyclic) bond motifs is 1. The van der Waals surface area contributed by atoms with Crippen LogP contribution in [0.5, 0.6) is 0 Å². The third-order valence-electron chi connectivity index (χ3n) is 3.70. The fraction of sp³-hybridized carbons (Fsp3) is 0.118. The van der Waals surface area contributed by atoms with Crippen LogP contribution in [0.15, 0.2) is 66.2 Å². The van der Waals surface area contributed by atoms with E-state index >= 15 is 0 Å². The molecule has 0 radical (unpaired) electrons. The number of imidazole rings is 1. The zero-order chi connectivity index (χ0) is 15.5. The Balaban J connectivity index is 1.57.